The topological polar surface area (TPSA) is 33.0 Å². The van der Waals surface area contributed by atoms with Gasteiger partial charge in [0.2, 0.25) is 0 Å². The average molecular weight is 151 g/mol. The van der Waals surface area contributed by atoms with Crippen molar-refractivity contribution >= 4 is 0 Å². The van der Waals surface area contributed by atoms with Gasteiger partial charge in [-0.3, -0.25) is 0 Å². The third-order valence-electron chi connectivity index (χ3n) is 2.02. The lowest BCUT2D eigenvalue weighted by Crippen LogP contribution is -2.15. The molecule has 0 saturated carbocycles. The van der Waals surface area contributed by atoms with Gasteiger partial charge in [0, 0.05) is 0 Å². The molecule has 0 spiro atoms. The molecular weight excluding hydrogens is 138 g/mol. The summed E-state index contributed by atoms with van der Waals surface area (Å²) in [4.78, 5) is 0. The molecule has 1 aliphatic rings. The second kappa shape index (κ2) is 2.96. The second-order valence-electron chi connectivity index (χ2n) is 3.35. The molecule has 0 aromatic rings. The van der Waals surface area contributed by atoms with Gasteiger partial charge in [0.05, 0.1) is 24.4 Å². The Bertz CT molecular complexity index is 210. The Balaban J connectivity index is 2.74. The minimum atomic E-state index is -0.347. The molecule has 0 bridgehead atoms. The highest BCUT2D eigenvalue weighted by molar-refractivity contribution is 5.19. The fourth-order valence-electron chi connectivity index (χ4n) is 1.10. The van der Waals surface area contributed by atoms with E-state index in [2.05, 4.69) is 6.07 Å². The lowest BCUT2D eigenvalue weighted by molar-refractivity contribution is 0.215. The van der Waals surface area contributed by atoms with E-state index in [1.54, 1.807) is 6.26 Å². The van der Waals surface area contributed by atoms with Crippen molar-refractivity contribution in [2.75, 3.05) is 6.61 Å². The number of ether oxygens (including phenoxy) is 1. The van der Waals surface area contributed by atoms with Crippen molar-refractivity contribution in [1.82, 2.24) is 0 Å². The number of nitriles is 1. The molecule has 0 saturated heterocycles. The van der Waals surface area contributed by atoms with Gasteiger partial charge in [0.25, 0.3) is 0 Å². The van der Waals surface area contributed by atoms with Crippen molar-refractivity contribution in [3.8, 4) is 6.07 Å². The molecule has 0 N–H and O–H groups in total. The van der Waals surface area contributed by atoms with E-state index in [1.807, 2.05) is 13.8 Å². The Labute approximate surface area is 67.5 Å². The molecular formula is C9H13NO. The molecule has 1 rings (SSSR count). The van der Waals surface area contributed by atoms with Crippen LogP contribution < -0.4 is 0 Å². The van der Waals surface area contributed by atoms with E-state index < -0.39 is 0 Å². The van der Waals surface area contributed by atoms with Gasteiger partial charge in [0.1, 0.15) is 0 Å². The van der Waals surface area contributed by atoms with E-state index in [0.717, 1.165) is 25.0 Å². The van der Waals surface area contributed by atoms with E-state index in [0.29, 0.717) is 0 Å². The molecule has 0 unspecified atom stereocenters. The van der Waals surface area contributed by atoms with Crippen LogP contribution in [0.1, 0.15) is 26.7 Å². The predicted molar refractivity (Wildman–Crippen MR) is 42.7 cm³/mol. The van der Waals surface area contributed by atoms with Gasteiger partial charge in [0.15, 0.2) is 0 Å². The van der Waals surface area contributed by atoms with Crippen LogP contribution in [-0.2, 0) is 4.74 Å². The fourth-order valence-corrected chi connectivity index (χ4v) is 1.10. The first-order chi connectivity index (χ1) is 5.17. The predicted octanol–water partition coefficient (Wildman–Crippen LogP) is 2.23. The first-order valence-electron chi connectivity index (χ1n) is 3.89. The normalized spacial score (nSPS) is 18.1. The van der Waals surface area contributed by atoms with Gasteiger partial charge in [-0.2, -0.15) is 5.26 Å². The number of allylic oxidation sites excluding steroid dienone is 1. The van der Waals surface area contributed by atoms with Gasteiger partial charge in [-0.05, 0) is 32.3 Å². The van der Waals surface area contributed by atoms with Gasteiger partial charge >= 0.3 is 0 Å². The van der Waals surface area contributed by atoms with E-state index >= 15 is 0 Å². The number of hydrogen-bond acceptors (Lipinski definition) is 2. The van der Waals surface area contributed by atoms with Crippen molar-refractivity contribution in [2.24, 2.45) is 5.41 Å². The third kappa shape index (κ3) is 1.74. The summed E-state index contributed by atoms with van der Waals surface area (Å²) >= 11 is 0. The van der Waals surface area contributed by atoms with Crippen molar-refractivity contribution in [1.29, 1.82) is 5.26 Å². The molecule has 2 heteroatoms. The van der Waals surface area contributed by atoms with Crippen molar-refractivity contribution in [3.63, 3.8) is 0 Å². The lowest BCUT2D eigenvalue weighted by atomic mass is 9.83. The Morgan fingerprint density at radius 3 is 2.82 bits per heavy atom. The monoisotopic (exact) mass is 151 g/mol. The van der Waals surface area contributed by atoms with Crippen LogP contribution >= 0.6 is 0 Å². The molecule has 2 nitrogen and oxygen atoms in total. The molecule has 0 aliphatic carbocycles. The van der Waals surface area contributed by atoms with Crippen LogP contribution in [0.3, 0.4) is 0 Å². The van der Waals surface area contributed by atoms with Gasteiger partial charge in [-0.1, -0.05) is 0 Å². The molecule has 0 aromatic heterocycles. The van der Waals surface area contributed by atoms with Crippen LogP contribution in [0.15, 0.2) is 11.8 Å². The number of hydrogen-bond donors (Lipinski definition) is 0. The molecule has 1 heterocycles. The van der Waals surface area contributed by atoms with E-state index in [1.165, 1.54) is 0 Å². The summed E-state index contributed by atoms with van der Waals surface area (Å²) in [6.45, 7) is 4.64. The molecule has 0 atom stereocenters. The van der Waals surface area contributed by atoms with Gasteiger partial charge < -0.3 is 4.74 Å². The zero-order valence-electron chi connectivity index (χ0n) is 7.05. The summed E-state index contributed by atoms with van der Waals surface area (Å²) in [5.41, 5.74) is 0.770. The second-order valence-corrected chi connectivity index (χ2v) is 3.35. The first kappa shape index (κ1) is 8.13. The summed E-state index contributed by atoms with van der Waals surface area (Å²) in [6.07, 6.45) is 3.78. The van der Waals surface area contributed by atoms with Crippen LogP contribution in [-0.4, -0.2) is 6.61 Å². The SMILES string of the molecule is CC(C)(C#N)C1=COCCC1. The molecule has 11 heavy (non-hydrogen) atoms. The van der Waals surface area contributed by atoms with Crippen molar-refractivity contribution in [2.45, 2.75) is 26.7 Å². The minimum Gasteiger partial charge on any atom is -0.501 e. The molecule has 60 valence electrons. The Morgan fingerprint density at radius 1 is 1.64 bits per heavy atom. The summed E-state index contributed by atoms with van der Waals surface area (Å²) in [7, 11) is 0. The van der Waals surface area contributed by atoms with Crippen LogP contribution in [0.5, 0.6) is 0 Å². The maximum absolute atomic E-state index is 8.80. The van der Waals surface area contributed by atoms with Crippen LogP contribution in [0.2, 0.25) is 0 Å². The first-order valence-corrected chi connectivity index (χ1v) is 3.89. The third-order valence-corrected chi connectivity index (χ3v) is 2.02. The largest absolute Gasteiger partial charge is 0.501 e. The van der Waals surface area contributed by atoms with Crippen molar-refractivity contribution in [3.05, 3.63) is 11.8 Å². The highest BCUT2D eigenvalue weighted by atomic mass is 16.5. The quantitative estimate of drug-likeness (QED) is 0.575. The van der Waals surface area contributed by atoms with Crippen LogP contribution in [0.25, 0.3) is 0 Å². The molecule has 0 radical (unpaired) electrons. The molecule has 0 aromatic carbocycles. The Morgan fingerprint density at radius 2 is 2.36 bits per heavy atom. The summed E-state index contributed by atoms with van der Waals surface area (Å²) < 4.78 is 5.16. The smallest absolute Gasteiger partial charge is 0.0876 e. The lowest BCUT2D eigenvalue weighted by Gasteiger charge is -2.22. The average Bonchev–Trinajstić information content (AvgIpc) is 2.06. The van der Waals surface area contributed by atoms with Crippen LogP contribution in [0.4, 0.5) is 0 Å². The zero-order valence-corrected chi connectivity index (χ0v) is 7.05. The van der Waals surface area contributed by atoms with Crippen LogP contribution in [0, 0.1) is 16.7 Å². The molecule has 0 amide bonds. The molecule has 1 aliphatic heterocycles. The van der Waals surface area contributed by atoms with E-state index in [-0.39, 0.29) is 5.41 Å². The maximum atomic E-state index is 8.80. The van der Waals surface area contributed by atoms with Gasteiger partial charge in [-0.25, -0.2) is 0 Å². The highest BCUT2D eigenvalue weighted by Gasteiger charge is 2.24. The maximum Gasteiger partial charge on any atom is 0.0876 e. The summed E-state index contributed by atoms with van der Waals surface area (Å²) in [5.74, 6) is 0. The van der Waals surface area contributed by atoms with Crippen molar-refractivity contribution < 1.29 is 4.74 Å². The Kier molecular flexibility index (Phi) is 2.19. The fraction of sp³-hybridized carbons (Fsp3) is 0.667. The highest BCUT2D eigenvalue weighted by Crippen LogP contribution is 2.30. The zero-order chi connectivity index (χ0) is 8.32. The number of rotatable bonds is 1. The van der Waals surface area contributed by atoms with E-state index in [9.17, 15) is 0 Å². The summed E-state index contributed by atoms with van der Waals surface area (Å²) in [5, 5.41) is 8.80. The Hall–Kier alpha value is -0.970. The summed E-state index contributed by atoms with van der Waals surface area (Å²) in [6, 6.07) is 2.26. The number of nitrogens with zero attached hydrogens (tertiary/aromatic N) is 1. The molecule has 0 fully saturated rings. The minimum absolute atomic E-state index is 0.347. The standard InChI is InChI=1S/C9H13NO/c1-9(2,7-10)8-4-3-5-11-6-8/h6H,3-5H2,1-2H3. The van der Waals surface area contributed by atoms with E-state index in [4.69, 9.17) is 10.00 Å². The van der Waals surface area contributed by atoms with Gasteiger partial charge in [-0.15, -0.1) is 0 Å².